The van der Waals surface area contributed by atoms with Gasteiger partial charge in [-0.3, -0.25) is 34.2 Å². The van der Waals surface area contributed by atoms with Crippen LogP contribution >= 0.6 is 0 Å². The molecular weight excluding hydrogens is 727 g/mol. The minimum atomic E-state index is 0.118. The van der Waals surface area contributed by atoms with Crippen LogP contribution in [-0.4, -0.2) is 94.2 Å². The Bertz CT molecular complexity index is 2840. The van der Waals surface area contributed by atoms with Gasteiger partial charge >= 0.3 is 0 Å². The van der Waals surface area contributed by atoms with Gasteiger partial charge < -0.3 is 25.0 Å². The number of hydrogen-bond acceptors (Lipinski definition) is 9. The van der Waals surface area contributed by atoms with Crippen molar-refractivity contribution < 1.29 is 9.59 Å². The van der Waals surface area contributed by atoms with Crippen LogP contribution in [0.15, 0.2) is 104 Å². The Hall–Kier alpha value is -6.89. The first-order valence-electron chi connectivity index (χ1n) is 19.7. The van der Waals surface area contributed by atoms with Crippen molar-refractivity contribution in [3.8, 4) is 22.3 Å². The van der Waals surface area contributed by atoms with Gasteiger partial charge in [0.2, 0.25) is 11.8 Å². The van der Waals surface area contributed by atoms with Crippen molar-refractivity contribution in [3.63, 3.8) is 0 Å². The van der Waals surface area contributed by atoms with Gasteiger partial charge in [0.05, 0.1) is 39.8 Å². The van der Waals surface area contributed by atoms with Crippen LogP contribution in [0, 0.1) is 0 Å². The van der Waals surface area contributed by atoms with E-state index in [2.05, 4.69) is 114 Å². The molecule has 2 amide bonds. The van der Waals surface area contributed by atoms with Crippen molar-refractivity contribution in [1.82, 2.24) is 44.1 Å². The van der Waals surface area contributed by atoms with Crippen molar-refractivity contribution in [2.75, 3.05) is 36.8 Å². The largest absolute Gasteiger partial charge is 0.380 e. The maximum Gasteiger partial charge on any atom is 0.222 e. The average molecular weight is 772 g/mol. The molecule has 2 aliphatic rings. The molecule has 6 heterocycles. The number of carbonyl (C=O) groups excluding carboxylic acids is 2. The van der Waals surface area contributed by atoms with Crippen LogP contribution in [0.25, 0.3) is 66.1 Å². The highest BCUT2D eigenvalue weighted by Crippen LogP contribution is 2.34. The lowest BCUT2D eigenvalue weighted by atomic mass is 10.0. The standard InChI is InChI=1S/C24H25N5O.C21H20N6O/c1-3-23(30)29-11-7-18(15-29)27-19-13-20(24-21(14-19)25-8-9-26-24)17-5-4-16-6-10-28(2)22(16)12-17;1-13(28)27-11-17(12-27)25-16-8-18(21-19(9-16)22-5-6-23-21)14-3-4-15-10-24-26(2)20(15)7-14/h4-6,8-10,12-14,18,27H,3,7,11,15H2,1-2H3;3-10,17,25H,11-12H2,1-2H3. The molecule has 2 N–H and O–H groups in total. The van der Waals surface area contributed by atoms with E-state index in [1.54, 1.807) is 31.7 Å². The second kappa shape index (κ2) is 15.2. The molecule has 58 heavy (non-hydrogen) atoms. The zero-order valence-corrected chi connectivity index (χ0v) is 33.1. The highest BCUT2D eigenvalue weighted by molar-refractivity contribution is 5.98. The van der Waals surface area contributed by atoms with Gasteiger partial charge in [-0.2, -0.15) is 5.10 Å². The van der Waals surface area contributed by atoms with Gasteiger partial charge in [0, 0.05) is 124 Å². The number of anilines is 2. The molecule has 1 atom stereocenters. The Kier molecular flexibility index (Phi) is 9.64. The average Bonchev–Trinajstić information content (AvgIpc) is 3.96. The van der Waals surface area contributed by atoms with E-state index in [0.717, 1.165) is 99.2 Å². The molecule has 292 valence electrons. The third-order valence-corrected chi connectivity index (χ3v) is 11.3. The van der Waals surface area contributed by atoms with E-state index in [1.165, 1.54) is 10.9 Å². The van der Waals surface area contributed by atoms with E-state index >= 15 is 0 Å². The van der Waals surface area contributed by atoms with Crippen LogP contribution in [0.2, 0.25) is 0 Å². The zero-order chi connectivity index (χ0) is 39.9. The third kappa shape index (κ3) is 7.15. The van der Waals surface area contributed by atoms with E-state index in [9.17, 15) is 9.59 Å². The molecule has 0 aliphatic carbocycles. The predicted octanol–water partition coefficient (Wildman–Crippen LogP) is 7.04. The maximum absolute atomic E-state index is 12.0. The van der Waals surface area contributed by atoms with Crippen LogP contribution < -0.4 is 10.6 Å². The Balaban J connectivity index is 0.000000151. The SMILES string of the molecule is CC(=O)N1CC(Nc2cc(-c3ccc4cnn(C)c4c3)c3nccnc3c2)C1.CCC(=O)N1CCC(Nc2cc(-c3ccc4ccn(C)c4c3)c3nccnc3c2)C1. The molecule has 1 unspecified atom stereocenters. The minimum absolute atomic E-state index is 0.118. The van der Waals surface area contributed by atoms with Crippen molar-refractivity contribution >= 4 is 67.1 Å². The minimum Gasteiger partial charge on any atom is -0.380 e. The summed E-state index contributed by atoms with van der Waals surface area (Å²) < 4.78 is 4.01. The summed E-state index contributed by atoms with van der Waals surface area (Å²) in [4.78, 5) is 45.5. The summed E-state index contributed by atoms with van der Waals surface area (Å²) in [7, 11) is 4.00. The van der Waals surface area contributed by atoms with Gasteiger partial charge in [-0.05, 0) is 65.4 Å². The second-order valence-corrected chi connectivity index (χ2v) is 15.2. The van der Waals surface area contributed by atoms with E-state index in [0.29, 0.717) is 6.42 Å². The number of benzene rings is 4. The number of amides is 2. The molecule has 13 nitrogen and oxygen atoms in total. The summed E-state index contributed by atoms with van der Waals surface area (Å²) in [5.74, 6) is 0.341. The van der Waals surface area contributed by atoms with Crippen LogP contribution in [0.1, 0.15) is 26.7 Å². The van der Waals surface area contributed by atoms with Crippen molar-refractivity contribution in [2.24, 2.45) is 14.1 Å². The van der Waals surface area contributed by atoms with Crippen LogP contribution in [0.4, 0.5) is 11.4 Å². The van der Waals surface area contributed by atoms with Gasteiger partial charge in [-0.15, -0.1) is 0 Å². The van der Waals surface area contributed by atoms with Gasteiger partial charge in [0.15, 0.2) is 0 Å². The normalized spacial score (nSPS) is 15.5. The molecule has 0 radical (unpaired) electrons. The van der Waals surface area contributed by atoms with E-state index in [1.807, 2.05) is 40.7 Å². The number of aryl methyl sites for hydroxylation is 2. The van der Waals surface area contributed by atoms with Crippen LogP contribution in [0.5, 0.6) is 0 Å². The van der Waals surface area contributed by atoms with Crippen molar-refractivity contribution in [1.29, 1.82) is 0 Å². The van der Waals surface area contributed by atoms with Gasteiger partial charge in [-0.1, -0.05) is 31.2 Å². The van der Waals surface area contributed by atoms with Gasteiger partial charge in [-0.25, -0.2) is 0 Å². The van der Waals surface area contributed by atoms with Crippen molar-refractivity contribution in [3.05, 3.63) is 104 Å². The van der Waals surface area contributed by atoms with Crippen molar-refractivity contribution in [2.45, 2.75) is 38.8 Å². The maximum atomic E-state index is 12.0. The monoisotopic (exact) mass is 771 g/mol. The first-order chi connectivity index (χ1) is 28.2. The molecular formula is C45H45N11O2. The molecule has 0 saturated carbocycles. The summed E-state index contributed by atoms with van der Waals surface area (Å²) in [6.07, 6.45) is 12.4. The number of carbonyl (C=O) groups is 2. The van der Waals surface area contributed by atoms with Gasteiger partial charge in [0.1, 0.15) is 0 Å². The molecule has 13 heteroatoms. The molecule has 2 fully saturated rings. The molecule has 10 rings (SSSR count). The lowest BCUT2D eigenvalue weighted by Gasteiger charge is -2.39. The smallest absolute Gasteiger partial charge is 0.222 e. The fourth-order valence-electron chi connectivity index (χ4n) is 8.12. The lowest BCUT2D eigenvalue weighted by molar-refractivity contribution is -0.132. The molecule has 0 bridgehead atoms. The second-order valence-electron chi connectivity index (χ2n) is 15.2. The summed E-state index contributed by atoms with van der Waals surface area (Å²) in [6.45, 7) is 6.54. The number of fused-ring (bicyclic) bond motifs is 4. The van der Waals surface area contributed by atoms with E-state index < -0.39 is 0 Å². The van der Waals surface area contributed by atoms with Gasteiger partial charge in [0.25, 0.3) is 0 Å². The topological polar surface area (TPSA) is 139 Å². The predicted molar refractivity (Wildman–Crippen MR) is 229 cm³/mol. The number of hydrogen-bond donors (Lipinski definition) is 2. The molecule has 8 aromatic rings. The van der Waals surface area contributed by atoms with E-state index in [-0.39, 0.29) is 23.9 Å². The van der Waals surface area contributed by atoms with E-state index in [4.69, 9.17) is 0 Å². The summed E-state index contributed by atoms with van der Waals surface area (Å²) in [5, 5.41) is 13.8. The fourth-order valence-corrected chi connectivity index (χ4v) is 8.12. The quantitative estimate of drug-likeness (QED) is 0.175. The number of rotatable bonds is 7. The Morgan fingerprint density at radius 3 is 1.91 bits per heavy atom. The first-order valence-corrected chi connectivity index (χ1v) is 19.7. The molecule has 0 spiro atoms. The lowest BCUT2D eigenvalue weighted by Crippen LogP contribution is -2.56. The number of nitrogens with zero attached hydrogens (tertiary/aromatic N) is 9. The Morgan fingerprint density at radius 2 is 1.28 bits per heavy atom. The number of nitrogens with one attached hydrogen (secondary N) is 2. The highest BCUT2D eigenvalue weighted by atomic mass is 16.2. The molecule has 4 aromatic heterocycles. The summed E-state index contributed by atoms with van der Waals surface area (Å²) in [6, 6.07) is 23.8. The summed E-state index contributed by atoms with van der Waals surface area (Å²) in [5.41, 5.74) is 12.0. The fraction of sp³-hybridized carbons (Fsp3) is 0.267. The number of likely N-dealkylation sites (tertiary alicyclic amines) is 2. The molecule has 2 saturated heterocycles. The Morgan fingerprint density at radius 1 is 0.690 bits per heavy atom. The molecule has 4 aromatic carbocycles. The zero-order valence-electron chi connectivity index (χ0n) is 33.1. The van der Waals surface area contributed by atoms with Crippen LogP contribution in [-0.2, 0) is 23.7 Å². The number of aromatic nitrogens is 7. The van der Waals surface area contributed by atoms with Crippen LogP contribution in [0.3, 0.4) is 0 Å². The first kappa shape index (κ1) is 36.7. The summed E-state index contributed by atoms with van der Waals surface area (Å²) >= 11 is 0. The molecule has 2 aliphatic heterocycles. The third-order valence-electron chi connectivity index (χ3n) is 11.3. The highest BCUT2D eigenvalue weighted by Gasteiger charge is 2.29. The Labute approximate surface area is 335 Å².